The summed E-state index contributed by atoms with van der Waals surface area (Å²) in [6, 6.07) is 0. The van der Waals surface area contributed by atoms with Crippen molar-refractivity contribution in [1.29, 1.82) is 0 Å². The minimum Gasteiger partial charge on any atom is -0.120 e. The molecule has 0 N–H and O–H groups in total. The molecule has 14 heavy (non-hydrogen) atoms. The zero-order valence-electron chi connectivity index (χ0n) is 10.3. The fraction of sp³-hybridized carbons (Fsp3) is 0.857. The average Bonchev–Trinajstić information content (AvgIpc) is 2.13. The van der Waals surface area contributed by atoms with Crippen LogP contribution in [0.1, 0.15) is 59.8 Å². The molecule has 0 aliphatic carbocycles. The van der Waals surface area contributed by atoms with Gasteiger partial charge in [0.2, 0.25) is 0 Å². The molecule has 0 saturated carbocycles. The van der Waals surface area contributed by atoms with Crippen LogP contribution in [0.4, 0.5) is 0 Å². The molecule has 82 valence electrons. The standard InChI is InChI=1S/C14H26/c1-6-9-14(10-7-2)13(8-3)11-12(4)5/h1,12-14H,7-11H2,2-5H3. The third kappa shape index (κ3) is 5.32. The van der Waals surface area contributed by atoms with E-state index in [2.05, 4.69) is 33.6 Å². The molecule has 0 fully saturated rings. The van der Waals surface area contributed by atoms with E-state index < -0.39 is 0 Å². The summed E-state index contributed by atoms with van der Waals surface area (Å²) in [5.41, 5.74) is 0. The molecule has 0 aromatic heterocycles. The van der Waals surface area contributed by atoms with Gasteiger partial charge in [0.05, 0.1) is 0 Å². The fourth-order valence-electron chi connectivity index (χ4n) is 2.32. The molecule has 0 aromatic rings. The Balaban J connectivity index is 4.18. The van der Waals surface area contributed by atoms with E-state index in [0.717, 1.165) is 24.2 Å². The lowest BCUT2D eigenvalue weighted by molar-refractivity contribution is 0.261. The highest BCUT2D eigenvalue weighted by Gasteiger charge is 2.19. The SMILES string of the molecule is C#CCC(CCC)C(CC)CC(C)C. The molecular formula is C14H26. The van der Waals surface area contributed by atoms with E-state index in [1.165, 1.54) is 25.7 Å². The normalized spacial score (nSPS) is 15.1. The van der Waals surface area contributed by atoms with Crippen LogP contribution in [0, 0.1) is 30.1 Å². The van der Waals surface area contributed by atoms with Gasteiger partial charge in [-0.3, -0.25) is 0 Å². The molecule has 0 aromatic carbocycles. The minimum absolute atomic E-state index is 0.761. The highest BCUT2D eigenvalue weighted by Crippen LogP contribution is 2.29. The summed E-state index contributed by atoms with van der Waals surface area (Å²) >= 11 is 0. The summed E-state index contributed by atoms with van der Waals surface area (Å²) in [7, 11) is 0. The molecule has 0 radical (unpaired) electrons. The molecule has 2 unspecified atom stereocenters. The molecule has 0 saturated heterocycles. The number of terminal acetylenes is 1. The molecule has 2 atom stereocenters. The lowest BCUT2D eigenvalue weighted by Crippen LogP contribution is -2.16. The van der Waals surface area contributed by atoms with Crippen molar-refractivity contribution in [3.05, 3.63) is 0 Å². The van der Waals surface area contributed by atoms with Gasteiger partial charge in [-0.1, -0.05) is 40.5 Å². The third-order valence-electron chi connectivity index (χ3n) is 3.00. The lowest BCUT2D eigenvalue weighted by Gasteiger charge is -2.26. The summed E-state index contributed by atoms with van der Waals surface area (Å²) in [5, 5.41) is 0. The lowest BCUT2D eigenvalue weighted by atomic mass is 9.79. The van der Waals surface area contributed by atoms with E-state index in [-0.39, 0.29) is 0 Å². The van der Waals surface area contributed by atoms with E-state index >= 15 is 0 Å². The van der Waals surface area contributed by atoms with Crippen LogP contribution in [-0.2, 0) is 0 Å². The van der Waals surface area contributed by atoms with Crippen LogP contribution in [-0.4, -0.2) is 0 Å². The van der Waals surface area contributed by atoms with E-state index in [9.17, 15) is 0 Å². The van der Waals surface area contributed by atoms with Crippen molar-refractivity contribution < 1.29 is 0 Å². The summed E-state index contributed by atoms with van der Waals surface area (Å²) in [4.78, 5) is 0. The van der Waals surface area contributed by atoms with E-state index in [1.54, 1.807) is 0 Å². The van der Waals surface area contributed by atoms with Crippen LogP contribution < -0.4 is 0 Å². The first-order valence-electron chi connectivity index (χ1n) is 6.09. The van der Waals surface area contributed by atoms with Crippen molar-refractivity contribution in [2.45, 2.75) is 59.8 Å². The molecule has 0 spiro atoms. The van der Waals surface area contributed by atoms with Gasteiger partial charge in [-0.15, -0.1) is 12.3 Å². The summed E-state index contributed by atoms with van der Waals surface area (Å²) in [5.74, 6) is 5.24. The molecule has 0 rings (SSSR count). The zero-order valence-corrected chi connectivity index (χ0v) is 10.3. The number of hydrogen-bond acceptors (Lipinski definition) is 0. The topological polar surface area (TPSA) is 0 Å². The van der Waals surface area contributed by atoms with Gasteiger partial charge in [-0.05, 0) is 30.6 Å². The van der Waals surface area contributed by atoms with Crippen molar-refractivity contribution in [1.82, 2.24) is 0 Å². The Morgan fingerprint density at radius 2 is 1.79 bits per heavy atom. The van der Waals surface area contributed by atoms with E-state index in [4.69, 9.17) is 6.42 Å². The molecule has 0 aliphatic rings. The molecular weight excluding hydrogens is 168 g/mol. The van der Waals surface area contributed by atoms with Crippen molar-refractivity contribution in [2.24, 2.45) is 17.8 Å². The number of hydrogen-bond donors (Lipinski definition) is 0. The monoisotopic (exact) mass is 194 g/mol. The maximum Gasteiger partial charge on any atom is 0.0117 e. The van der Waals surface area contributed by atoms with Gasteiger partial charge >= 0.3 is 0 Å². The van der Waals surface area contributed by atoms with E-state index in [0.29, 0.717) is 0 Å². The molecule has 0 bridgehead atoms. The van der Waals surface area contributed by atoms with Crippen molar-refractivity contribution in [2.75, 3.05) is 0 Å². The maximum atomic E-state index is 5.43. The second-order valence-corrected chi connectivity index (χ2v) is 4.75. The van der Waals surface area contributed by atoms with E-state index in [1.807, 2.05) is 0 Å². The molecule has 0 aliphatic heterocycles. The minimum atomic E-state index is 0.761. The third-order valence-corrected chi connectivity index (χ3v) is 3.00. The summed E-state index contributed by atoms with van der Waals surface area (Å²) in [6.07, 6.45) is 11.6. The van der Waals surface area contributed by atoms with Crippen LogP contribution >= 0.6 is 0 Å². The quantitative estimate of drug-likeness (QED) is 0.523. The predicted molar refractivity (Wildman–Crippen MR) is 65.1 cm³/mol. The molecule has 0 heteroatoms. The maximum absolute atomic E-state index is 5.43. The molecule has 0 nitrogen and oxygen atoms in total. The van der Waals surface area contributed by atoms with Crippen molar-refractivity contribution >= 4 is 0 Å². The summed E-state index contributed by atoms with van der Waals surface area (Å²) < 4.78 is 0. The van der Waals surface area contributed by atoms with Gasteiger partial charge in [0.15, 0.2) is 0 Å². The predicted octanol–water partition coefficient (Wildman–Crippen LogP) is 4.50. The highest BCUT2D eigenvalue weighted by molar-refractivity contribution is 4.88. The van der Waals surface area contributed by atoms with Crippen LogP contribution in [0.3, 0.4) is 0 Å². The van der Waals surface area contributed by atoms with Gasteiger partial charge in [0.25, 0.3) is 0 Å². The zero-order chi connectivity index (χ0) is 11.0. The van der Waals surface area contributed by atoms with Crippen LogP contribution in [0.5, 0.6) is 0 Å². The Labute approximate surface area is 90.5 Å². The Kier molecular flexibility index (Phi) is 7.67. The van der Waals surface area contributed by atoms with Gasteiger partial charge in [-0.2, -0.15) is 0 Å². The molecule has 0 heterocycles. The van der Waals surface area contributed by atoms with Crippen molar-refractivity contribution in [3.63, 3.8) is 0 Å². The first-order chi connectivity index (χ1) is 6.65. The van der Waals surface area contributed by atoms with Gasteiger partial charge in [0, 0.05) is 6.42 Å². The second-order valence-electron chi connectivity index (χ2n) is 4.75. The van der Waals surface area contributed by atoms with Crippen LogP contribution in [0.25, 0.3) is 0 Å². The first kappa shape index (κ1) is 13.6. The fourth-order valence-corrected chi connectivity index (χ4v) is 2.32. The highest BCUT2D eigenvalue weighted by atomic mass is 14.2. The van der Waals surface area contributed by atoms with Gasteiger partial charge in [0.1, 0.15) is 0 Å². The Bertz CT molecular complexity index is 161. The van der Waals surface area contributed by atoms with Crippen LogP contribution in [0.15, 0.2) is 0 Å². The summed E-state index contributed by atoms with van der Waals surface area (Å²) in [6.45, 7) is 9.17. The Hall–Kier alpha value is -0.440. The van der Waals surface area contributed by atoms with Crippen molar-refractivity contribution in [3.8, 4) is 12.3 Å². The van der Waals surface area contributed by atoms with Crippen LogP contribution in [0.2, 0.25) is 0 Å². The largest absolute Gasteiger partial charge is 0.120 e. The van der Waals surface area contributed by atoms with Gasteiger partial charge in [-0.25, -0.2) is 0 Å². The first-order valence-corrected chi connectivity index (χ1v) is 6.09. The molecule has 0 amide bonds. The average molecular weight is 194 g/mol. The Morgan fingerprint density at radius 1 is 1.14 bits per heavy atom. The van der Waals surface area contributed by atoms with Gasteiger partial charge < -0.3 is 0 Å². The second kappa shape index (κ2) is 7.92. The Morgan fingerprint density at radius 3 is 2.14 bits per heavy atom. The smallest absolute Gasteiger partial charge is 0.0117 e. The number of rotatable bonds is 7.